The quantitative estimate of drug-likeness (QED) is 0.872. The van der Waals surface area contributed by atoms with E-state index < -0.39 is 0 Å². The maximum Gasteiger partial charge on any atom is 0.128 e. The number of hydrogen-bond donors (Lipinski definition) is 1. The zero-order valence-electron chi connectivity index (χ0n) is 13.1. The summed E-state index contributed by atoms with van der Waals surface area (Å²) < 4.78 is 0. The predicted molar refractivity (Wildman–Crippen MR) is 89.7 cm³/mol. The molecule has 0 spiro atoms. The zero-order valence-corrected chi connectivity index (χ0v) is 14.0. The molecular formula is C16H27N3S. The van der Waals surface area contributed by atoms with Crippen molar-refractivity contribution >= 4 is 17.6 Å². The second kappa shape index (κ2) is 7.32. The van der Waals surface area contributed by atoms with Crippen LogP contribution in [0.1, 0.15) is 31.5 Å². The number of anilines is 1. The second-order valence-electron chi connectivity index (χ2n) is 6.07. The van der Waals surface area contributed by atoms with E-state index in [0.29, 0.717) is 12.0 Å². The lowest BCUT2D eigenvalue weighted by Crippen LogP contribution is -2.32. The molecular weight excluding hydrogens is 266 g/mol. The molecule has 0 radical (unpaired) electrons. The van der Waals surface area contributed by atoms with Crippen molar-refractivity contribution in [3.05, 3.63) is 23.4 Å². The fraction of sp³-hybridized carbons (Fsp3) is 0.688. The molecule has 1 aromatic heterocycles. The average Bonchev–Trinajstić information content (AvgIpc) is 2.93. The molecule has 0 amide bonds. The summed E-state index contributed by atoms with van der Waals surface area (Å²) in [6.45, 7) is 8.55. The van der Waals surface area contributed by atoms with E-state index in [0.717, 1.165) is 24.6 Å². The first kappa shape index (κ1) is 15.6. The van der Waals surface area contributed by atoms with Crippen molar-refractivity contribution < 1.29 is 0 Å². The number of aryl methyl sites for hydroxylation is 1. The molecule has 1 aliphatic rings. The summed E-state index contributed by atoms with van der Waals surface area (Å²) in [6, 6.07) is 5.04. The summed E-state index contributed by atoms with van der Waals surface area (Å²) in [4.78, 5) is 7.14. The Bertz CT molecular complexity index is 428. The van der Waals surface area contributed by atoms with Crippen LogP contribution in [0, 0.1) is 12.8 Å². The normalized spacial score (nSPS) is 18.8. The molecule has 2 heterocycles. The van der Waals surface area contributed by atoms with E-state index in [1.807, 2.05) is 11.8 Å². The summed E-state index contributed by atoms with van der Waals surface area (Å²) in [5, 5.41) is 3.49. The van der Waals surface area contributed by atoms with Gasteiger partial charge in [-0.25, -0.2) is 4.98 Å². The summed E-state index contributed by atoms with van der Waals surface area (Å²) in [7, 11) is 2.18. The van der Waals surface area contributed by atoms with Gasteiger partial charge in [-0.15, -0.1) is 0 Å². The molecule has 1 fully saturated rings. The Morgan fingerprint density at radius 1 is 1.45 bits per heavy atom. The molecule has 4 heteroatoms. The van der Waals surface area contributed by atoms with Gasteiger partial charge in [-0.2, -0.15) is 11.8 Å². The van der Waals surface area contributed by atoms with Gasteiger partial charge in [0.2, 0.25) is 0 Å². The van der Waals surface area contributed by atoms with Crippen LogP contribution in [0.4, 0.5) is 5.82 Å². The minimum atomic E-state index is 0.650. The minimum absolute atomic E-state index is 0.650. The second-order valence-corrected chi connectivity index (χ2v) is 7.22. The lowest BCUT2D eigenvalue weighted by Gasteiger charge is -2.25. The Morgan fingerprint density at radius 3 is 2.85 bits per heavy atom. The van der Waals surface area contributed by atoms with Gasteiger partial charge in [0.05, 0.1) is 0 Å². The Balaban J connectivity index is 1.97. The van der Waals surface area contributed by atoms with E-state index >= 15 is 0 Å². The van der Waals surface area contributed by atoms with Gasteiger partial charge in [0.25, 0.3) is 0 Å². The summed E-state index contributed by atoms with van der Waals surface area (Å²) in [5.74, 6) is 4.32. The third kappa shape index (κ3) is 4.13. The maximum absolute atomic E-state index is 4.79. The van der Waals surface area contributed by atoms with E-state index in [1.165, 1.54) is 23.5 Å². The van der Waals surface area contributed by atoms with Gasteiger partial charge in [-0.3, -0.25) is 0 Å². The van der Waals surface area contributed by atoms with Crippen molar-refractivity contribution in [1.29, 1.82) is 0 Å². The van der Waals surface area contributed by atoms with Crippen LogP contribution >= 0.6 is 11.8 Å². The van der Waals surface area contributed by atoms with Crippen LogP contribution in [0.3, 0.4) is 0 Å². The van der Waals surface area contributed by atoms with Gasteiger partial charge in [0.15, 0.2) is 0 Å². The van der Waals surface area contributed by atoms with Gasteiger partial charge in [0.1, 0.15) is 5.82 Å². The molecule has 112 valence electrons. The fourth-order valence-electron chi connectivity index (χ4n) is 2.47. The molecule has 2 rings (SSSR count). The van der Waals surface area contributed by atoms with E-state index in [1.54, 1.807) is 0 Å². The number of hydrogen-bond acceptors (Lipinski definition) is 4. The first-order valence-electron chi connectivity index (χ1n) is 7.55. The Kier molecular flexibility index (Phi) is 5.73. The summed E-state index contributed by atoms with van der Waals surface area (Å²) >= 11 is 2.05. The molecule has 0 bridgehead atoms. The highest BCUT2D eigenvalue weighted by molar-refractivity contribution is 7.99. The molecule has 0 saturated carbocycles. The molecule has 0 aliphatic carbocycles. The molecule has 3 nitrogen and oxygen atoms in total. The van der Waals surface area contributed by atoms with Crippen LogP contribution in [-0.2, 0) is 6.54 Å². The van der Waals surface area contributed by atoms with Crippen LogP contribution in [-0.4, -0.2) is 36.1 Å². The maximum atomic E-state index is 4.79. The SMILES string of the molecule is Cc1nc(N(C)C2CCSC2)ccc1CNCC(C)C. The smallest absolute Gasteiger partial charge is 0.128 e. The van der Waals surface area contributed by atoms with E-state index in [-0.39, 0.29) is 0 Å². The van der Waals surface area contributed by atoms with Gasteiger partial charge in [-0.05, 0) is 43.2 Å². The topological polar surface area (TPSA) is 28.2 Å². The van der Waals surface area contributed by atoms with Crippen LogP contribution < -0.4 is 10.2 Å². The van der Waals surface area contributed by atoms with Crippen LogP contribution in [0.5, 0.6) is 0 Å². The monoisotopic (exact) mass is 293 g/mol. The third-order valence-corrected chi connectivity index (χ3v) is 5.01. The molecule has 0 aromatic carbocycles. The molecule has 1 saturated heterocycles. The minimum Gasteiger partial charge on any atom is -0.356 e. The summed E-state index contributed by atoms with van der Waals surface area (Å²) in [6.07, 6.45) is 1.28. The van der Waals surface area contributed by atoms with Crippen LogP contribution in [0.25, 0.3) is 0 Å². The number of pyridine rings is 1. The van der Waals surface area contributed by atoms with E-state index in [4.69, 9.17) is 4.98 Å². The first-order chi connectivity index (χ1) is 9.58. The van der Waals surface area contributed by atoms with Crippen molar-refractivity contribution in [2.24, 2.45) is 5.92 Å². The third-order valence-electron chi connectivity index (χ3n) is 3.86. The lowest BCUT2D eigenvalue weighted by atomic mass is 10.1. The standard InChI is InChI=1S/C16H27N3S/c1-12(2)9-17-10-14-5-6-16(18-13(14)3)19(4)15-7-8-20-11-15/h5-6,12,15,17H,7-11H2,1-4H3. The van der Waals surface area contributed by atoms with Crippen molar-refractivity contribution in [2.45, 2.75) is 39.8 Å². The van der Waals surface area contributed by atoms with Crippen molar-refractivity contribution in [3.8, 4) is 0 Å². The molecule has 1 atom stereocenters. The molecule has 1 aliphatic heterocycles. The zero-order chi connectivity index (χ0) is 14.5. The van der Waals surface area contributed by atoms with Gasteiger partial charge in [-0.1, -0.05) is 19.9 Å². The summed E-state index contributed by atoms with van der Waals surface area (Å²) in [5.41, 5.74) is 2.46. The molecule has 1 N–H and O–H groups in total. The number of nitrogens with one attached hydrogen (secondary N) is 1. The van der Waals surface area contributed by atoms with Crippen molar-refractivity contribution in [3.63, 3.8) is 0 Å². The number of thioether (sulfide) groups is 1. The lowest BCUT2D eigenvalue weighted by molar-refractivity contribution is 0.551. The highest BCUT2D eigenvalue weighted by atomic mass is 32.2. The Hall–Kier alpha value is -0.740. The average molecular weight is 293 g/mol. The number of rotatable bonds is 6. The van der Waals surface area contributed by atoms with Crippen molar-refractivity contribution in [1.82, 2.24) is 10.3 Å². The van der Waals surface area contributed by atoms with Gasteiger partial charge < -0.3 is 10.2 Å². The van der Waals surface area contributed by atoms with Crippen LogP contribution in [0.15, 0.2) is 12.1 Å². The molecule has 1 unspecified atom stereocenters. The highest BCUT2D eigenvalue weighted by Crippen LogP contribution is 2.25. The number of aromatic nitrogens is 1. The van der Waals surface area contributed by atoms with Gasteiger partial charge >= 0.3 is 0 Å². The molecule has 20 heavy (non-hydrogen) atoms. The predicted octanol–water partition coefficient (Wildman–Crippen LogP) is 3.08. The Morgan fingerprint density at radius 2 is 2.25 bits per heavy atom. The first-order valence-corrected chi connectivity index (χ1v) is 8.71. The number of nitrogens with zero attached hydrogens (tertiary/aromatic N) is 2. The molecule has 1 aromatic rings. The largest absolute Gasteiger partial charge is 0.356 e. The fourth-order valence-corrected chi connectivity index (χ4v) is 3.74. The Labute approximate surface area is 127 Å². The van der Waals surface area contributed by atoms with E-state index in [9.17, 15) is 0 Å². The van der Waals surface area contributed by atoms with Crippen molar-refractivity contribution in [2.75, 3.05) is 30.0 Å². The highest BCUT2D eigenvalue weighted by Gasteiger charge is 2.21. The van der Waals surface area contributed by atoms with Gasteiger partial charge in [0, 0.05) is 31.1 Å². The van der Waals surface area contributed by atoms with Crippen LogP contribution in [0.2, 0.25) is 0 Å². The van der Waals surface area contributed by atoms with E-state index in [2.05, 4.69) is 50.2 Å².